The lowest BCUT2D eigenvalue weighted by atomic mass is 10.2. The molecule has 1 aromatic carbocycles. The summed E-state index contributed by atoms with van der Waals surface area (Å²) in [6, 6.07) is 12.4. The molecule has 0 spiro atoms. The van der Waals surface area contributed by atoms with Crippen LogP contribution in [0.4, 0.5) is 0 Å². The number of rotatable bonds is 5. The lowest BCUT2D eigenvalue weighted by Crippen LogP contribution is -2.26. The van der Waals surface area contributed by atoms with Gasteiger partial charge in [-0.25, -0.2) is 9.97 Å². The van der Waals surface area contributed by atoms with Crippen molar-refractivity contribution in [2.45, 2.75) is 33.4 Å². The van der Waals surface area contributed by atoms with Gasteiger partial charge in [-0.2, -0.15) is 0 Å². The average molecular weight is 334 g/mol. The number of aromatic amines is 1. The highest BCUT2D eigenvalue weighted by atomic mass is 16.3. The largest absolute Gasteiger partial charge is 0.459 e. The summed E-state index contributed by atoms with van der Waals surface area (Å²) in [6.45, 7) is 8.03. The molecule has 1 atom stereocenters. The molecule has 0 amide bonds. The topological polar surface area (TPSA) is 58.0 Å². The number of aryl methyl sites for hydroxylation is 1. The maximum absolute atomic E-state index is 6.04. The molecule has 0 saturated carbocycles. The highest BCUT2D eigenvalue weighted by Crippen LogP contribution is 2.28. The molecule has 0 saturated heterocycles. The van der Waals surface area contributed by atoms with Gasteiger partial charge in [0.05, 0.1) is 18.1 Å². The van der Waals surface area contributed by atoms with Crippen LogP contribution in [0.25, 0.3) is 22.1 Å². The van der Waals surface area contributed by atoms with E-state index >= 15 is 0 Å². The minimum atomic E-state index is 0.166. The Morgan fingerprint density at radius 2 is 2.08 bits per heavy atom. The van der Waals surface area contributed by atoms with Crippen LogP contribution in [0, 0.1) is 6.92 Å². The number of aromatic nitrogens is 3. The van der Waals surface area contributed by atoms with E-state index in [9.17, 15) is 0 Å². The fourth-order valence-corrected chi connectivity index (χ4v) is 3.26. The lowest BCUT2D eigenvalue weighted by Gasteiger charge is -2.25. The standard InChI is InChI=1S/C20H22N4O/c1-4-24(12-18-22-19-13(2)9-10-21-20(19)23-18)14(3)17-11-15-7-5-6-8-16(15)25-17/h5-11,14H,4,12H2,1-3H3,(H,21,22,23)/t14-/m1/s1. The molecule has 128 valence electrons. The van der Waals surface area contributed by atoms with Crippen molar-refractivity contribution in [3.05, 3.63) is 59.7 Å². The van der Waals surface area contributed by atoms with Gasteiger partial charge >= 0.3 is 0 Å². The van der Waals surface area contributed by atoms with Crippen LogP contribution in [-0.2, 0) is 6.54 Å². The van der Waals surface area contributed by atoms with Gasteiger partial charge in [0.15, 0.2) is 5.65 Å². The number of hydrogen-bond acceptors (Lipinski definition) is 4. The zero-order chi connectivity index (χ0) is 17.4. The molecule has 0 bridgehead atoms. The van der Waals surface area contributed by atoms with Crippen molar-refractivity contribution in [3.8, 4) is 0 Å². The van der Waals surface area contributed by atoms with Crippen LogP contribution in [0.5, 0.6) is 0 Å². The zero-order valence-electron chi connectivity index (χ0n) is 14.8. The molecule has 3 heterocycles. The van der Waals surface area contributed by atoms with Gasteiger partial charge in [0.2, 0.25) is 0 Å². The molecule has 4 rings (SSSR count). The summed E-state index contributed by atoms with van der Waals surface area (Å²) < 4.78 is 6.04. The Morgan fingerprint density at radius 3 is 2.84 bits per heavy atom. The molecule has 4 aromatic rings. The Balaban J connectivity index is 1.61. The summed E-state index contributed by atoms with van der Waals surface area (Å²) in [4.78, 5) is 14.7. The van der Waals surface area contributed by atoms with Crippen molar-refractivity contribution in [1.82, 2.24) is 19.9 Å². The minimum Gasteiger partial charge on any atom is -0.459 e. The number of nitrogens with zero attached hydrogens (tertiary/aromatic N) is 3. The molecule has 0 radical (unpaired) electrons. The molecular weight excluding hydrogens is 312 g/mol. The number of H-pyrrole nitrogens is 1. The van der Waals surface area contributed by atoms with Crippen LogP contribution in [0.3, 0.4) is 0 Å². The quantitative estimate of drug-likeness (QED) is 0.580. The van der Waals surface area contributed by atoms with Crippen molar-refractivity contribution < 1.29 is 4.42 Å². The summed E-state index contributed by atoms with van der Waals surface area (Å²) >= 11 is 0. The third kappa shape index (κ3) is 2.91. The maximum atomic E-state index is 6.04. The number of fused-ring (bicyclic) bond motifs is 2. The predicted molar refractivity (Wildman–Crippen MR) is 99.3 cm³/mol. The van der Waals surface area contributed by atoms with E-state index in [1.165, 1.54) is 0 Å². The summed E-state index contributed by atoms with van der Waals surface area (Å²) in [5.41, 5.74) is 3.90. The van der Waals surface area contributed by atoms with Crippen molar-refractivity contribution in [2.24, 2.45) is 0 Å². The van der Waals surface area contributed by atoms with Gasteiger partial charge < -0.3 is 9.40 Å². The van der Waals surface area contributed by atoms with Crippen LogP contribution in [-0.4, -0.2) is 26.4 Å². The zero-order valence-corrected chi connectivity index (χ0v) is 14.8. The molecule has 5 heteroatoms. The van der Waals surface area contributed by atoms with Crippen LogP contribution < -0.4 is 0 Å². The van der Waals surface area contributed by atoms with Crippen LogP contribution in [0.1, 0.15) is 37.0 Å². The van der Waals surface area contributed by atoms with Crippen molar-refractivity contribution in [1.29, 1.82) is 0 Å². The van der Waals surface area contributed by atoms with Crippen molar-refractivity contribution in [3.63, 3.8) is 0 Å². The Hall–Kier alpha value is -2.66. The number of hydrogen-bond donors (Lipinski definition) is 1. The Morgan fingerprint density at radius 1 is 1.24 bits per heavy atom. The molecule has 25 heavy (non-hydrogen) atoms. The van der Waals surface area contributed by atoms with E-state index in [1.807, 2.05) is 24.3 Å². The fourth-order valence-electron chi connectivity index (χ4n) is 3.26. The molecule has 0 fully saturated rings. The molecule has 1 N–H and O–H groups in total. The number of imidazole rings is 1. The van der Waals surface area contributed by atoms with Crippen LogP contribution in [0.2, 0.25) is 0 Å². The van der Waals surface area contributed by atoms with E-state index in [-0.39, 0.29) is 6.04 Å². The van der Waals surface area contributed by atoms with Crippen molar-refractivity contribution >= 4 is 22.1 Å². The van der Waals surface area contributed by atoms with Gasteiger partial charge in [0.25, 0.3) is 0 Å². The van der Waals surface area contributed by atoms with E-state index in [1.54, 1.807) is 6.20 Å². The molecule has 5 nitrogen and oxygen atoms in total. The number of furan rings is 1. The highest BCUT2D eigenvalue weighted by Gasteiger charge is 2.20. The minimum absolute atomic E-state index is 0.166. The van der Waals surface area contributed by atoms with Gasteiger partial charge in [-0.1, -0.05) is 25.1 Å². The summed E-state index contributed by atoms with van der Waals surface area (Å²) in [5, 5.41) is 1.14. The lowest BCUT2D eigenvalue weighted by molar-refractivity contribution is 0.187. The van der Waals surface area contributed by atoms with E-state index in [4.69, 9.17) is 4.42 Å². The SMILES string of the molecule is CCN(Cc1nc2nccc(C)c2[nH]1)[C@H](C)c1cc2ccccc2o1. The summed E-state index contributed by atoms with van der Waals surface area (Å²) in [7, 11) is 0. The predicted octanol–water partition coefficient (Wildman–Crippen LogP) is 4.60. The first-order chi connectivity index (χ1) is 12.2. The summed E-state index contributed by atoms with van der Waals surface area (Å²) in [6.07, 6.45) is 1.80. The van der Waals surface area contributed by atoms with Crippen molar-refractivity contribution in [2.75, 3.05) is 6.54 Å². The highest BCUT2D eigenvalue weighted by molar-refractivity contribution is 5.77. The molecule has 0 aliphatic rings. The second-order valence-corrected chi connectivity index (χ2v) is 6.44. The molecule has 0 aliphatic carbocycles. The van der Waals surface area contributed by atoms with Gasteiger partial charge in [-0.15, -0.1) is 0 Å². The number of para-hydroxylation sites is 1. The third-order valence-electron chi connectivity index (χ3n) is 4.81. The maximum Gasteiger partial charge on any atom is 0.178 e. The molecule has 0 aliphatic heterocycles. The smallest absolute Gasteiger partial charge is 0.178 e. The monoisotopic (exact) mass is 334 g/mol. The Labute approximate surface area is 146 Å². The normalized spacial score (nSPS) is 13.1. The fraction of sp³-hybridized carbons (Fsp3) is 0.300. The van der Waals surface area contributed by atoms with Gasteiger partial charge in [-0.05, 0) is 44.2 Å². The average Bonchev–Trinajstić information content (AvgIpc) is 3.23. The van der Waals surface area contributed by atoms with Gasteiger partial charge in [-0.3, -0.25) is 4.90 Å². The molecular formula is C20H22N4O. The van der Waals surface area contributed by atoms with E-state index in [0.29, 0.717) is 0 Å². The summed E-state index contributed by atoms with van der Waals surface area (Å²) in [5.74, 6) is 1.91. The van der Waals surface area contributed by atoms with Gasteiger partial charge in [0, 0.05) is 11.6 Å². The first-order valence-electron chi connectivity index (χ1n) is 8.68. The molecule has 0 unspecified atom stereocenters. The van der Waals surface area contributed by atoms with E-state index in [0.717, 1.165) is 52.4 Å². The first kappa shape index (κ1) is 15.8. The molecule has 3 aromatic heterocycles. The first-order valence-corrected chi connectivity index (χ1v) is 8.68. The van der Waals surface area contributed by atoms with E-state index < -0.39 is 0 Å². The second kappa shape index (κ2) is 6.33. The number of pyridine rings is 1. The Kier molecular flexibility index (Phi) is 4.01. The van der Waals surface area contributed by atoms with Crippen LogP contribution >= 0.6 is 0 Å². The number of benzene rings is 1. The number of nitrogens with one attached hydrogen (secondary N) is 1. The van der Waals surface area contributed by atoms with Crippen LogP contribution in [0.15, 0.2) is 47.0 Å². The second-order valence-electron chi connectivity index (χ2n) is 6.44. The Bertz CT molecular complexity index is 984. The van der Waals surface area contributed by atoms with E-state index in [2.05, 4.69) is 52.8 Å². The van der Waals surface area contributed by atoms with Gasteiger partial charge in [0.1, 0.15) is 17.2 Å². The third-order valence-corrected chi connectivity index (χ3v) is 4.81.